The lowest BCUT2D eigenvalue weighted by Gasteiger charge is -2.34. The number of halogens is 1. The summed E-state index contributed by atoms with van der Waals surface area (Å²) in [6.45, 7) is 6.77. The van der Waals surface area contributed by atoms with E-state index in [9.17, 15) is 4.79 Å². The van der Waals surface area contributed by atoms with Gasteiger partial charge in [-0.2, -0.15) is 0 Å². The molecule has 1 heterocycles. The van der Waals surface area contributed by atoms with Gasteiger partial charge in [-0.05, 0) is 62.5 Å². The molecule has 0 spiro atoms. The fraction of sp³-hybridized carbons (Fsp3) is 0.562. The van der Waals surface area contributed by atoms with Crippen LogP contribution in [0, 0.1) is 5.41 Å². The second kappa shape index (κ2) is 7.27. The van der Waals surface area contributed by atoms with Crippen molar-refractivity contribution in [1.82, 2.24) is 10.6 Å². The highest BCUT2D eigenvalue weighted by Gasteiger charge is 2.28. The molecule has 1 aromatic carbocycles. The number of amides is 1. The summed E-state index contributed by atoms with van der Waals surface area (Å²) in [5.74, 6) is 0.645. The minimum absolute atomic E-state index is 0.0577. The second-order valence-corrected chi connectivity index (χ2v) is 6.91. The largest absolute Gasteiger partial charge is 0.481 e. The van der Waals surface area contributed by atoms with Crippen molar-refractivity contribution in [1.29, 1.82) is 0 Å². The van der Waals surface area contributed by atoms with E-state index >= 15 is 0 Å². The zero-order valence-electron chi connectivity index (χ0n) is 12.6. The van der Waals surface area contributed by atoms with Gasteiger partial charge in [0.2, 0.25) is 0 Å². The van der Waals surface area contributed by atoms with Gasteiger partial charge in [0, 0.05) is 11.0 Å². The standard InChI is InChI=1S/C16H23BrN2O2/c1-12(21-14-5-3-13(17)4-6-14)15(20)19-11-16(2)7-9-18-10-8-16/h3-6,12,18H,7-11H2,1-2H3,(H,19,20). The van der Waals surface area contributed by atoms with Crippen molar-refractivity contribution < 1.29 is 9.53 Å². The average molecular weight is 355 g/mol. The van der Waals surface area contributed by atoms with E-state index in [0.29, 0.717) is 12.3 Å². The van der Waals surface area contributed by atoms with E-state index in [-0.39, 0.29) is 11.3 Å². The first-order valence-electron chi connectivity index (χ1n) is 7.39. The van der Waals surface area contributed by atoms with Crippen LogP contribution in [0.5, 0.6) is 5.75 Å². The summed E-state index contributed by atoms with van der Waals surface area (Å²) >= 11 is 3.38. The van der Waals surface area contributed by atoms with Crippen LogP contribution in [0.2, 0.25) is 0 Å². The van der Waals surface area contributed by atoms with Crippen molar-refractivity contribution in [3.05, 3.63) is 28.7 Å². The predicted octanol–water partition coefficient (Wildman–Crippen LogP) is 2.72. The van der Waals surface area contributed by atoms with E-state index < -0.39 is 6.10 Å². The van der Waals surface area contributed by atoms with Crippen LogP contribution in [-0.4, -0.2) is 31.6 Å². The Labute approximate surface area is 134 Å². The molecule has 116 valence electrons. The van der Waals surface area contributed by atoms with Crippen LogP contribution in [0.4, 0.5) is 0 Å². The maximum Gasteiger partial charge on any atom is 0.260 e. The molecular weight excluding hydrogens is 332 g/mol. The Morgan fingerprint density at radius 3 is 2.62 bits per heavy atom. The van der Waals surface area contributed by atoms with Crippen LogP contribution < -0.4 is 15.4 Å². The first-order chi connectivity index (χ1) is 9.98. The summed E-state index contributed by atoms with van der Waals surface area (Å²) < 4.78 is 6.65. The number of nitrogens with one attached hydrogen (secondary N) is 2. The molecule has 0 saturated carbocycles. The molecule has 4 nitrogen and oxygen atoms in total. The molecule has 1 aromatic rings. The third-order valence-electron chi connectivity index (χ3n) is 4.00. The number of rotatable bonds is 5. The van der Waals surface area contributed by atoms with Gasteiger partial charge in [0.05, 0.1) is 0 Å². The number of ether oxygens (including phenoxy) is 1. The summed E-state index contributed by atoms with van der Waals surface area (Å²) in [7, 11) is 0. The first kappa shape index (κ1) is 16.3. The third kappa shape index (κ3) is 5.00. The lowest BCUT2D eigenvalue weighted by atomic mass is 9.81. The maximum atomic E-state index is 12.1. The second-order valence-electron chi connectivity index (χ2n) is 5.99. The van der Waals surface area contributed by atoms with Crippen molar-refractivity contribution >= 4 is 21.8 Å². The molecule has 2 N–H and O–H groups in total. The summed E-state index contributed by atoms with van der Waals surface area (Å²) in [5.41, 5.74) is 0.193. The normalized spacial score (nSPS) is 18.8. The van der Waals surface area contributed by atoms with Crippen molar-refractivity contribution in [3.63, 3.8) is 0 Å². The molecular formula is C16H23BrN2O2. The van der Waals surface area contributed by atoms with Crippen LogP contribution in [-0.2, 0) is 4.79 Å². The van der Waals surface area contributed by atoms with Crippen LogP contribution in [0.1, 0.15) is 26.7 Å². The maximum absolute atomic E-state index is 12.1. The molecule has 1 saturated heterocycles. The number of carbonyl (C=O) groups is 1. The van der Waals surface area contributed by atoms with Gasteiger partial charge in [-0.25, -0.2) is 0 Å². The highest BCUT2D eigenvalue weighted by Crippen LogP contribution is 2.26. The van der Waals surface area contributed by atoms with E-state index in [4.69, 9.17) is 4.74 Å². The zero-order chi connectivity index (χ0) is 15.3. The molecule has 0 radical (unpaired) electrons. The van der Waals surface area contributed by atoms with Gasteiger partial charge in [-0.15, -0.1) is 0 Å². The van der Waals surface area contributed by atoms with E-state index in [2.05, 4.69) is 33.5 Å². The molecule has 5 heteroatoms. The number of benzene rings is 1. The van der Waals surface area contributed by atoms with Gasteiger partial charge in [-0.3, -0.25) is 4.79 Å². The van der Waals surface area contributed by atoms with E-state index in [1.807, 2.05) is 24.3 Å². The average Bonchev–Trinajstić information content (AvgIpc) is 2.48. The van der Waals surface area contributed by atoms with Gasteiger partial charge in [0.1, 0.15) is 5.75 Å². The minimum Gasteiger partial charge on any atom is -0.481 e. The molecule has 2 rings (SSSR count). The Balaban J connectivity index is 1.80. The van der Waals surface area contributed by atoms with Gasteiger partial charge >= 0.3 is 0 Å². The van der Waals surface area contributed by atoms with Gasteiger partial charge in [-0.1, -0.05) is 22.9 Å². The van der Waals surface area contributed by atoms with Gasteiger partial charge in [0.25, 0.3) is 5.91 Å². The smallest absolute Gasteiger partial charge is 0.260 e. The van der Waals surface area contributed by atoms with Crippen molar-refractivity contribution in [2.75, 3.05) is 19.6 Å². The molecule has 0 aromatic heterocycles. The lowest BCUT2D eigenvalue weighted by molar-refractivity contribution is -0.127. The molecule has 0 bridgehead atoms. The van der Waals surface area contributed by atoms with E-state index in [0.717, 1.165) is 30.4 Å². The number of piperidine rings is 1. The molecule has 21 heavy (non-hydrogen) atoms. The summed E-state index contributed by atoms with van der Waals surface area (Å²) in [5, 5.41) is 6.37. The Morgan fingerprint density at radius 2 is 2.00 bits per heavy atom. The fourth-order valence-corrected chi connectivity index (χ4v) is 2.69. The summed E-state index contributed by atoms with van der Waals surface area (Å²) in [6.07, 6.45) is 1.70. The van der Waals surface area contributed by atoms with Crippen molar-refractivity contribution in [2.24, 2.45) is 5.41 Å². The number of hydrogen-bond acceptors (Lipinski definition) is 3. The number of hydrogen-bond donors (Lipinski definition) is 2. The molecule has 1 amide bonds. The topological polar surface area (TPSA) is 50.4 Å². The Morgan fingerprint density at radius 1 is 1.38 bits per heavy atom. The quantitative estimate of drug-likeness (QED) is 0.854. The van der Waals surface area contributed by atoms with E-state index in [1.54, 1.807) is 6.92 Å². The van der Waals surface area contributed by atoms with Gasteiger partial charge in [0.15, 0.2) is 6.10 Å². The summed E-state index contributed by atoms with van der Waals surface area (Å²) in [4.78, 5) is 12.1. The first-order valence-corrected chi connectivity index (χ1v) is 8.18. The molecule has 1 aliphatic heterocycles. The van der Waals surface area contributed by atoms with Crippen LogP contribution in [0.3, 0.4) is 0 Å². The van der Waals surface area contributed by atoms with Crippen LogP contribution in [0.25, 0.3) is 0 Å². The minimum atomic E-state index is -0.489. The third-order valence-corrected chi connectivity index (χ3v) is 4.52. The van der Waals surface area contributed by atoms with Crippen LogP contribution >= 0.6 is 15.9 Å². The fourth-order valence-electron chi connectivity index (χ4n) is 2.42. The SMILES string of the molecule is CC(Oc1ccc(Br)cc1)C(=O)NCC1(C)CCNCC1. The molecule has 1 aliphatic rings. The molecule has 1 atom stereocenters. The lowest BCUT2D eigenvalue weighted by Crippen LogP contribution is -2.45. The Bertz CT molecular complexity index is 470. The zero-order valence-corrected chi connectivity index (χ0v) is 14.2. The van der Waals surface area contributed by atoms with Crippen molar-refractivity contribution in [2.45, 2.75) is 32.8 Å². The molecule has 1 unspecified atom stereocenters. The Kier molecular flexibility index (Phi) is 5.65. The van der Waals surface area contributed by atoms with Crippen molar-refractivity contribution in [3.8, 4) is 5.75 Å². The monoisotopic (exact) mass is 354 g/mol. The van der Waals surface area contributed by atoms with E-state index in [1.165, 1.54) is 0 Å². The Hall–Kier alpha value is -1.07. The predicted molar refractivity (Wildman–Crippen MR) is 87.5 cm³/mol. The number of carbonyl (C=O) groups excluding carboxylic acids is 1. The molecule has 1 fully saturated rings. The summed E-state index contributed by atoms with van der Waals surface area (Å²) in [6, 6.07) is 7.50. The van der Waals surface area contributed by atoms with Gasteiger partial charge < -0.3 is 15.4 Å². The van der Waals surface area contributed by atoms with Crippen LogP contribution in [0.15, 0.2) is 28.7 Å². The molecule has 0 aliphatic carbocycles. The highest BCUT2D eigenvalue weighted by molar-refractivity contribution is 9.10. The highest BCUT2D eigenvalue weighted by atomic mass is 79.9.